The lowest BCUT2D eigenvalue weighted by Gasteiger charge is -1.79. The van der Waals surface area contributed by atoms with E-state index in [1.165, 1.54) is 6.39 Å². The SMILES string of the molecule is CCCO.c1ccc2ocnc2c1. The second-order valence-electron chi connectivity index (χ2n) is 2.54. The minimum Gasteiger partial charge on any atom is -0.443 e. The molecular formula is C10H13NO2. The molecule has 2 rings (SSSR count). The first-order valence-electron chi connectivity index (χ1n) is 4.27. The Hall–Kier alpha value is -1.35. The van der Waals surface area contributed by atoms with Crippen molar-refractivity contribution in [3.63, 3.8) is 0 Å². The summed E-state index contributed by atoms with van der Waals surface area (Å²) in [5.41, 5.74) is 1.76. The number of nitrogens with zero attached hydrogens (tertiary/aromatic N) is 1. The van der Waals surface area contributed by atoms with Crippen molar-refractivity contribution in [1.82, 2.24) is 4.98 Å². The van der Waals surface area contributed by atoms with E-state index < -0.39 is 0 Å². The van der Waals surface area contributed by atoms with Gasteiger partial charge in [-0.3, -0.25) is 0 Å². The Morgan fingerprint density at radius 2 is 2.08 bits per heavy atom. The van der Waals surface area contributed by atoms with Gasteiger partial charge in [0.15, 0.2) is 12.0 Å². The molecule has 0 amide bonds. The molecule has 13 heavy (non-hydrogen) atoms. The average Bonchev–Trinajstić information content (AvgIpc) is 2.66. The number of oxazole rings is 1. The number of hydrogen-bond donors (Lipinski definition) is 1. The molecule has 0 saturated heterocycles. The van der Waals surface area contributed by atoms with Crippen molar-refractivity contribution in [3.05, 3.63) is 30.7 Å². The van der Waals surface area contributed by atoms with Crippen molar-refractivity contribution in [2.75, 3.05) is 6.61 Å². The Morgan fingerprint density at radius 3 is 2.69 bits per heavy atom. The molecule has 0 saturated carbocycles. The normalized spacial score (nSPS) is 9.38. The Morgan fingerprint density at radius 1 is 1.38 bits per heavy atom. The van der Waals surface area contributed by atoms with Crippen molar-refractivity contribution in [2.24, 2.45) is 0 Å². The number of hydrogen-bond acceptors (Lipinski definition) is 3. The van der Waals surface area contributed by atoms with Crippen LogP contribution in [0.25, 0.3) is 11.1 Å². The van der Waals surface area contributed by atoms with Crippen LogP contribution >= 0.6 is 0 Å². The van der Waals surface area contributed by atoms with Gasteiger partial charge in [-0.25, -0.2) is 4.98 Å². The first kappa shape index (κ1) is 9.74. The molecule has 0 fully saturated rings. The summed E-state index contributed by atoms with van der Waals surface area (Å²) >= 11 is 0. The fourth-order valence-corrected chi connectivity index (χ4v) is 0.803. The number of rotatable bonds is 1. The zero-order valence-electron chi connectivity index (χ0n) is 7.60. The number of benzene rings is 1. The Labute approximate surface area is 77.0 Å². The summed E-state index contributed by atoms with van der Waals surface area (Å²) in [7, 11) is 0. The fourth-order valence-electron chi connectivity index (χ4n) is 0.803. The van der Waals surface area contributed by atoms with Crippen molar-refractivity contribution in [3.8, 4) is 0 Å². The topological polar surface area (TPSA) is 46.3 Å². The van der Waals surface area contributed by atoms with Gasteiger partial charge in [0.25, 0.3) is 0 Å². The number of para-hydroxylation sites is 2. The van der Waals surface area contributed by atoms with E-state index in [2.05, 4.69) is 4.98 Å². The second kappa shape index (κ2) is 5.32. The van der Waals surface area contributed by atoms with Crippen molar-refractivity contribution in [2.45, 2.75) is 13.3 Å². The van der Waals surface area contributed by atoms with Crippen LogP contribution in [0.1, 0.15) is 13.3 Å². The van der Waals surface area contributed by atoms with Crippen LogP contribution in [0.2, 0.25) is 0 Å². The molecule has 0 spiro atoms. The molecule has 1 aromatic heterocycles. The molecule has 0 aliphatic heterocycles. The zero-order chi connectivity index (χ0) is 9.52. The van der Waals surface area contributed by atoms with E-state index in [-0.39, 0.29) is 0 Å². The van der Waals surface area contributed by atoms with Crippen LogP contribution < -0.4 is 0 Å². The van der Waals surface area contributed by atoms with E-state index in [1.807, 2.05) is 31.2 Å². The lowest BCUT2D eigenvalue weighted by atomic mass is 10.3. The van der Waals surface area contributed by atoms with Crippen LogP contribution in [0.3, 0.4) is 0 Å². The first-order valence-corrected chi connectivity index (χ1v) is 4.27. The fraction of sp³-hybridized carbons (Fsp3) is 0.300. The molecular weight excluding hydrogens is 166 g/mol. The Bertz CT molecular complexity index is 311. The minimum atomic E-state index is 0.319. The molecule has 3 heteroatoms. The number of aromatic nitrogens is 1. The summed E-state index contributed by atoms with van der Waals surface area (Å²) in [5, 5.41) is 7.88. The lowest BCUT2D eigenvalue weighted by molar-refractivity contribution is 0.295. The number of fused-ring (bicyclic) bond motifs is 1. The van der Waals surface area contributed by atoms with Crippen LogP contribution in [-0.2, 0) is 0 Å². The minimum absolute atomic E-state index is 0.319. The Balaban J connectivity index is 0.000000184. The average molecular weight is 179 g/mol. The highest BCUT2D eigenvalue weighted by Crippen LogP contribution is 2.09. The largest absolute Gasteiger partial charge is 0.443 e. The van der Waals surface area contributed by atoms with Crippen molar-refractivity contribution in [1.29, 1.82) is 0 Å². The summed E-state index contributed by atoms with van der Waals surface area (Å²) in [6.07, 6.45) is 2.32. The van der Waals surface area contributed by atoms with Gasteiger partial charge >= 0.3 is 0 Å². The van der Waals surface area contributed by atoms with Crippen molar-refractivity contribution < 1.29 is 9.52 Å². The van der Waals surface area contributed by atoms with Gasteiger partial charge in [-0.2, -0.15) is 0 Å². The van der Waals surface area contributed by atoms with Gasteiger partial charge in [-0.15, -0.1) is 0 Å². The Kier molecular flexibility index (Phi) is 3.99. The highest BCUT2D eigenvalue weighted by Gasteiger charge is 1.91. The van der Waals surface area contributed by atoms with Gasteiger partial charge in [0.05, 0.1) is 0 Å². The monoisotopic (exact) mass is 179 g/mol. The molecule has 1 heterocycles. The number of aliphatic hydroxyl groups is 1. The van der Waals surface area contributed by atoms with Gasteiger partial charge in [-0.05, 0) is 18.6 Å². The highest BCUT2D eigenvalue weighted by atomic mass is 16.3. The van der Waals surface area contributed by atoms with E-state index in [1.54, 1.807) is 0 Å². The van der Waals surface area contributed by atoms with Crippen LogP contribution in [0.15, 0.2) is 35.1 Å². The third kappa shape index (κ3) is 2.87. The van der Waals surface area contributed by atoms with Crippen LogP contribution in [0, 0.1) is 0 Å². The van der Waals surface area contributed by atoms with Crippen LogP contribution in [0.5, 0.6) is 0 Å². The highest BCUT2D eigenvalue weighted by molar-refractivity contribution is 5.71. The van der Waals surface area contributed by atoms with E-state index in [9.17, 15) is 0 Å². The molecule has 0 radical (unpaired) electrons. The van der Waals surface area contributed by atoms with Crippen LogP contribution in [0.4, 0.5) is 0 Å². The zero-order valence-corrected chi connectivity index (χ0v) is 7.60. The standard InChI is InChI=1S/C7H5NO.C3H8O/c1-2-4-7-6(3-1)8-5-9-7;1-2-3-4/h1-5H;4H,2-3H2,1H3. The maximum Gasteiger partial charge on any atom is 0.181 e. The first-order chi connectivity index (χ1) is 6.38. The molecule has 0 aliphatic carbocycles. The van der Waals surface area contributed by atoms with Gasteiger partial charge in [0.1, 0.15) is 5.52 Å². The van der Waals surface area contributed by atoms with Gasteiger partial charge < -0.3 is 9.52 Å². The predicted molar refractivity (Wildman–Crippen MR) is 51.4 cm³/mol. The molecule has 2 aromatic rings. The van der Waals surface area contributed by atoms with Crippen LogP contribution in [-0.4, -0.2) is 16.7 Å². The predicted octanol–water partition coefficient (Wildman–Crippen LogP) is 2.22. The second-order valence-corrected chi connectivity index (χ2v) is 2.54. The summed E-state index contributed by atoms with van der Waals surface area (Å²) in [5.74, 6) is 0. The van der Waals surface area contributed by atoms with Gasteiger partial charge in [0, 0.05) is 6.61 Å². The number of aliphatic hydroxyl groups excluding tert-OH is 1. The van der Waals surface area contributed by atoms with E-state index in [0.29, 0.717) is 6.61 Å². The summed E-state index contributed by atoms with van der Waals surface area (Å²) < 4.78 is 5.01. The third-order valence-corrected chi connectivity index (χ3v) is 1.46. The summed E-state index contributed by atoms with van der Waals surface area (Å²) in [6, 6.07) is 7.67. The maximum absolute atomic E-state index is 7.88. The maximum atomic E-state index is 7.88. The molecule has 1 N–H and O–H groups in total. The molecule has 0 atom stereocenters. The molecule has 0 unspecified atom stereocenters. The van der Waals surface area contributed by atoms with E-state index in [4.69, 9.17) is 9.52 Å². The lowest BCUT2D eigenvalue weighted by Crippen LogP contribution is -1.69. The molecule has 3 nitrogen and oxygen atoms in total. The molecule has 1 aromatic carbocycles. The molecule has 0 aliphatic rings. The molecule has 0 bridgehead atoms. The van der Waals surface area contributed by atoms with Gasteiger partial charge in [0.2, 0.25) is 0 Å². The van der Waals surface area contributed by atoms with E-state index >= 15 is 0 Å². The quantitative estimate of drug-likeness (QED) is 0.730. The van der Waals surface area contributed by atoms with Crippen molar-refractivity contribution >= 4 is 11.1 Å². The molecule has 70 valence electrons. The smallest absolute Gasteiger partial charge is 0.181 e. The third-order valence-electron chi connectivity index (χ3n) is 1.46. The van der Waals surface area contributed by atoms with E-state index in [0.717, 1.165) is 17.5 Å². The van der Waals surface area contributed by atoms with Gasteiger partial charge in [-0.1, -0.05) is 19.1 Å². The summed E-state index contributed by atoms with van der Waals surface area (Å²) in [6.45, 7) is 2.25. The summed E-state index contributed by atoms with van der Waals surface area (Å²) in [4.78, 5) is 3.95.